The molecule has 64 valence electrons. The second kappa shape index (κ2) is 105. The number of hydrogen-bond donors (Lipinski definition) is 3. The number of aliphatic hydroxyl groups excluding tert-OH is 3. The van der Waals surface area contributed by atoms with Crippen molar-refractivity contribution in [2.24, 2.45) is 0 Å². The second-order valence-electron chi connectivity index (χ2n) is 0.632. The molecular formula is C6H18O3Ti. The molecule has 0 radical (unpaired) electrons. The van der Waals surface area contributed by atoms with Crippen molar-refractivity contribution >= 4 is 0 Å². The SMILES string of the molecule is CCO.CCO.[CH2-]O.[CH3-].[Ti+2]. The van der Waals surface area contributed by atoms with E-state index in [0.29, 0.717) is 0 Å². The molecule has 0 saturated heterocycles. The molecule has 10 heavy (non-hydrogen) atoms. The van der Waals surface area contributed by atoms with Gasteiger partial charge in [0.2, 0.25) is 0 Å². The summed E-state index contributed by atoms with van der Waals surface area (Å²) in [5, 5.41) is 21.9. The molecule has 0 aromatic carbocycles. The molecule has 0 aromatic heterocycles. The van der Waals surface area contributed by atoms with Crippen LogP contribution in [0.2, 0.25) is 0 Å². The smallest absolute Gasteiger partial charge is 0.569 e. The van der Waals surface area contributed by atoms with E-state index in [9.17, 15) is 0 Å². The van der Waals surface area contributed by atoms with E-state index in [2.05, 4.69) is 7.11 Å². The van der Waals surface area contributed by atoms with E-state index in [1.54, 1.807) is 13.8 Å². The first-order valence-corrected chi connectivity index (χ1v) is 2.36. The fraction of sp³-hybridized carbons (Fsp3) is 0.667. The van der Waals surface area contributed by atoms with E-state index in [1.165, 1.54) is 0 Å². The predicted octanol–water partition coefficient (Wildman–Crippen LogP) is 0.595. The Morgan fingerprint density at radius 1 is 1.00 bits per heavy atom. The third-order valence-electron chi connectivity index (χ3n) is 0. The van der Waals surface area contributed by atoms with Crippen molar-refractivity contribution in [2.45, 2.75) is 13.8 Å². The van der Waals surface area contributed by atoms with Gasteiger partial charge < -0.3 is 22.7 Å². The maximum atomic E-state index is 7.57. The molecule has 0 amide bonds. The van der Waals surface area contributed by atoms with Gasteiger partial charge in [-0.1, -0.05) is 0 Å². The normalized spacial score (nSPS) is 4.20. The van der Waals surface area contributed by atoms with Crippen molar-refractivity contribution in [3.63, 3.8) is 0 Å². The maximum absolute atomic E-state index is 7.57. The van der Waals surface area contributed by atoms with Crippen LogP contribution < -0.4 is 0 Å². The first-order valence-electron chi connectivity index (χ1n) is 2.36. The summed E-state index contributed by atoms with van der Waals surface area (Å²) in [6.07, 6.45) is 0. The van der Waals surface area contributed by atoms with Crippen molar-refractivity contribution in [2.75, 3.05) is 13.2 Å². The van der Waals surface area contributed by atoms with Gasteiger partial charge in [-0.15, -0.1) is 0 Å². The fourth-order valence-corrected chi connectivity index (χ4v) is 0. The van der Waals surface area contributed by atoms with Gasteiger partial charge in [-0.05, 0) is 13.8 Å². The van der Waals surface area contributed by atoms with E-state index in [4.69, 9.17) is 15.3 Å². The Morgan fingerprint density at radius 3 is 1.00 bits per heavy atom. The minimum Gasteiger partial charge on any atom is -0.569 e. The minimum atomic E-state index is 0. The van der Waals surface area contributed by atoms with E-state index in [0.717, 1.165) is 0 Å². The molecule has 0 saturated carbocycles. The second-order valence-corrected chi connectivity index (χ2v) is 0.632. The molecule has 0 atom stereocenters. The van der Waals surface area contributed by atoms with Gasteiger partial charge in [0, 0.05) is 13.2 Å². The maximum Gasteiger partial charge on any atom is 2.00 e. The van der Waals surface area contributed by atoms with Crippen molar-refractivity contribution in [3.05, 3.63) is 14.5 Å². The molecule has 0 aromatic rings. The van der Waals surface area contributed by atoms with Gasteiger partial charge in [0.05, 0.1) is 0 Å². The van der Waals surface area contributed by atoms with Crippen LogP contribution in [0.4, 0.5) is 0 Å². The van der Waals surface area contributed by atoms with Crippen LogP contribution in [0.3, 0.4) is 0 Å². The molecule has 0 aliphatic heterocycles. The zero-order chi connectivity index (χ0) is 7.41. The van der Waals surface area contributed by atoms with Crippen LogP contribution in [0, 0.1) is 14.5 Å². The van der Waals surface area contributed by atoms with Gasteiger partial charge in [0.1, 0.15) is 0 Å². The predicted molar refractivity (Wildman–Crippen MR) is 39.2 cm³/mol. The average Bonchev–Trinajstić information content (AvgIpc) is 1.75. The van der Waals surface area contributed by atoms with Gasteiger partial charge >= 0.3 is 21.7 Å². The van der Waals surface area contributed by atoms with E-state index >= 15 is 0 Å². The zero-order valence-corrected chi connectivity index (χ0v) is 8.52. The molecule has 0 fully saturated rings. The quantitative estimate of drug-likeness (QED) is 0.383. The largest absolute Gasteiger partial charge is 2.00 e. The Labute approximate surface area is 79.0 Å². The first-order chi connectivity index (χ1) is 3.83. The van der Waals surface area contributed by atoms with E-state index in [-0.39, 0.29) is 42.4 Å². The summed E-state index contributed by atoms with van der Waals surface area (Å²) in [7, 11) is 2.25. The van der Waals surface area contributed by atoms with Crippen LogP contribution in [0.25, 0.3) is 0 Å². The molecule has 0 heterocycles. The fourth-order valence-electron chi connectivity index (χ4n) is 0. The first kappa shape index (κ1) is 31.2. The van der Waals surface area contributed by atoms with Gasteiger partial charge in [-0.3, -0.25) is 0 Å². The van der Waals surface area contributed by atoms with Crippen molar-refractivity contribution in [1.29, 1.82) is 0 Å². The number of rotatable bonds is 0. The number of hydrogen-bond acceptors (Lipinski definition) is 3. The van der Waals surface area contributed by atoms with E-state index < -0.39 is 0 Å². The van der Waals surface area contributed by atoms with Crippen molar-refractivity contribution < 1.29 is 37.0 Å². The molecule has 3 nitrogen and oxygen atoms in total. The van der Waals surface area contributed by atoms with Crippen LogP contribution >= 0.6 is 0 Å². The Morgan fingerprint density at radius 2 is 1.00 bits per heavy atom. The van der Waals surface area contributed by atoms with Crippen LogP contribution in [0.5, 0.6) is 0 Å². The Hall–Kier alpha value is 0.594. The summed E-state index contributed by atoms with van der Waals surface area (Å²) >= 11 is 0. The summed E-state index contributed by atoms with van der Waals surface area (Å²) in [6.45, 7) is 3.86. The molecule has 0 unspecified atom stereocenters. The molecule has 0 bridgehead atoms. The third-order valence-corrected chi connectivity index (χ3v) is 0. The molecule has 0 rings (SSSR count). The Kier molecular flexibility index (Phi) is 328. The van der Waals surface area contributed by atoms with Crippen molar-refractivity contribution in [3.8, 4) is 0 Å². The van der Waals surface area contributed by atoms with Crippen molar-refractivity contribution in [1.82, 2.24) is 0 Å². The monoisotopic (exact) mass is 186 g/mol. The average molecular weight is 186 g/mol. The Balaban J connectivity index is -0.0000000116. The molecule has 4 heteroatoms. The zero-order valence-electron chi connectivity index (χ0n) is 6.96. The van der Waals surface area contributed by atoms with Crippen LogP contribution in [0.15, 0.2) is 0 Å². The van der Waals surface area contributed by atoms with Gasteiger partial charge in [0.15, 0.2) is 0 Å². The molecule has 0 spiro atoms. The Bertz CT molecular complexity index is 15.0. The minimum absolute atomic E-state index is 0. The standard InChI is InChI=1S/2C2H6O.CH3O.CH3.Ti/c2*1-2-3;1-2;;/h2*3H,2H2,1H3;2H,1H2;1H3;/q;;2*-1;+2. The van der Waals surface area contributed by atoms with Gasteiger partial charge in [-0.2, -0.15) is 0 Å². The summed E-state index contributed by atoms with van der Waals surface area (Å²) in [6, 6.07) is 0. The summed E-state index contributed by atoms with van der Waals surface area (Å²) in [5.74, 6) is 0. The number of aliphatic hydroxyl groups is 3. The molecule has 3 N–H and O–H groups in total. The summed E-state index contributed by atoms with van der Waals surface area (Å²) < 4.78 is 0. The van der Waals surface area contributed by atoms with Gasteiger partial charge in [-0.25, -0.2) is 7.11 Å². The summed E-state index contributed by atoms with van der Waals surface area (Å²) in [4.78, 5) is 0. The van der Waals surface area contributed by atoms with E-state index in [1.807, 2.05) is 0 Å². The molecular weight excluding hydrogens is 168 g/mol. The summed E-state index contributed by atoms with van der Waals surface area (Å²) in [5.41, 5.74) is 0. The topological polar surface area (TPSA) is 60.7 Å². The van der Waals surface area contributed by atoms with Crippen LogP contribution in [-0.4, -0.2) is 28.5 Å². The van der Waals surface area contributed by atoms with Crippen LogP contribution in [-0.2, 0) is 21.7 Å². The molecule has 0 aliphatic rings. The van der Waals surface area contributed by atoms with Crippen LogP contribution in [0.1, 0.15) is 13.8 Å². The third kappa shape index (κ3) is 1400. The van der Waals surface area contributed by atoms with Gasteiger partial charge in [0.25, 0.3) is 0 Å². The molecule has 0 aliphatic carbocycles.